The van der Waals surface area contributed by atoms with Crippen LogP contribution in [0.1, 0.15) is 19.8 Å². The van der Waals surface area contributed by atoms with Gasteiger partial charge in [-0.05, 0) is 19.8 Å². The molecule has 0 radical (unpaired) electrons. The molecule has 2 aliphatic heterocycles. The highest BCUT2D eigenvalue weighted by Gasteiger charge is 2.29. The van der Waals surface area contributed by atoms with Gasteiger partial charge in [0.1, 0.15) is 0 Å². The molecule has 5 heteroatoms. The van der Waals surface area contributed by atoms with Gasteiger partial charge in [-0.1, -0.05) is 0 Å². The summed E-state index contributed by atoms with van der Waals surface area (Å²) in [4.78, 5) is 14.2. The Balaban J connectivity index is 1.75. The van der Waals surface area contributed by atoms with E-state index >= 15 is 0 Å². The zero-order valence-electron chi connectivity index (χ0n) is 10.6. The van der Waals surface area contributed by atoms with E-state index in [0.29, 0.717) is 6.54 Å². The minimum Gasteiger partial charge on any atom is -0.381 e. The number of nitrogens with zero attached hydrogens (tertiary/aromatic N) is 1. The van der Waals surface area contributed by atoms with Gasteiger partial charge in [-0.3, -0.25) is 9.69 Å². The normalized spacial score (nSPS) is 25.5. The molecule has 2 heterocycles. The summed E-state index contributed by atoms with van der Waals surface area (Å²) in [5.74, 6) is 0.149. The van der Waals surface area contributed by atoms with Crippen LogP contribution >= 0.6 is 0 Å². The number of amides is 1. The van der Waals surface area contributed by atoms with Crippen molar-refractivity contribution in [1.29, 1.82) is 0 Å². The monoisotopic (exact) mass is 241 g/mol. The maximum atomic E-state index is 12.0. The third kappa shape index (κ3) is 3.94. The van der Waals surface area contributed by atoms with Gasteiger partial charge in [0.15, 0.2) is 0 Å². The molecule has 0 aromatic heterocycles. The molecule has 0 saturated carbocycles. The molecule has 17 heavy (non-hydrogen) atoms. The summed E-state index contributed by atoms with van der Waals surface area (Å²) in [5, 5.41) is 6.45. The predicted octanol–water partition coefficient (Wildman–Crippen LogP) is -0.423. The van der Waals surface area contributed by atoms with E-state index in [1.165, 1.54) is 0 Å². The van der Waals surface area contributed by atoms with Gasteiger partial charge in [0.2, 0.25) is 5.91 Å². The van der Waals surface area contributed by atoms with E-state index in [1.807, 2.05) is 0 Å². The van der Waals surface area contributed by atoms with Gasteiger partial charge in [0.05, 0.1) is 6.54 Å². The zero-order valence-corrected chi connectivity index (χ0v) is 10.6. The lowest BCUT2D eigenvalue weighted by Gasteiger charge is -2.35. The fraction of sp³-hybridized carbons (Fsp3) is 0.917. The van der Waals surface area contributed by atoms with Crippen LogP contribution in [0.25, 0.3) is 0 Å². The summed E-state index contributed by atoms with van der Waals surface area (Å²) in [7, 11) is 0. The van der Waals surface area contributed by atoms with Crippen LogP contribution in [-0.2, 0) is 9.53 Å². The molecule has 2 rings (SSSR count). The molecule has 0 aliphatic carbocycles. The summed E-state index contributed by atoms with van der Waals surface area (Å²) in [6.07, 6.45) is 1.83. The van der Waals surface area contributed by atoms with Crippen molar-refractivity contribution in [3.8, 4) is 0 Å². The van der Waals surface area contributed by atoms with Crippen molar-refractivity contribution in [1.82, 2.24) is 15.5 Å². The van der Waals surface area contributed by atoms with E-state index < -0.39 is 0 Å². The van der Waals surface area contributed by atoms with Crippen LogP contribution in [0.15, 0.2) is 0 Å². The number of hydrogen-bond donors (Lipinski definition) is 2. The van der Waals surface area contributed by atoms with Gasteiger partial charge >= 0.3 is 0 Å². The lowest BCUT2D eigenvalue weighted by Crippen LogP contribution is -2.54. The first-order chi connectivity index (χ1) is 8.18. The molecule has 0 aromatic carbocycles. The van der Waals surface area contributed by atoms with Crippen LogP contribution < -0.4 is 10.6 Å². The first-order valence-corrected chi connectivity index (χ1v) is 6.50. The fourth-order valence-corrected chi connectivity index (χ4v) is 2.40. The van der Waals surface area contributed by atoms with Crippen molar-refractivity contribution < 1.29 is 9.53 Å². The Morgan fingerprint density at radius 3 is 2.65 bits per heavy atom. The van der Waals surface area contributed by atoms with Gasteiger partial charge in [-0.25, -0.2) is 0 Å². The molecule has 0 unspecified atom stereocenters. The molecule has 0 bridgehead atoms. The molecular formula is C12H23N3O2. The predicted molar refractivity (Wildman–Crippen MR) is 65.9 cm³/mol. The molecule has 2 fully saturated rings. The van der Waals surface area contributed by atoms with Crippen molar-refractivity contribution in [3.63, 3.8) is 0 Å². The second-order valence-corrected chi connectivity index (χ2v) is 5.25. The molecule has 5 nitrogen and oxygen atoms in total. The summed E-state index contributed by atoms with van der Waals surface area (Å²) < 4.78 is 5.33. The van der Waals surface area contributed by atoms with Crippen LogP contribution in [-0.4, -0.2) is 62.3 Å². The average molecular weight is 241 g/mol. The number of hydrogen-bond acceptors (Lipinski definition) is 4. The van der Waals surface area contributed by atoms with Crippen molar-refractivity contribution >= 4 is 5.91 Å². The highest BCUT2D eigenvalue weighted by atomic mass is 16.5. The highest BCUT2D eigenvalue weighted by molar-refractivity contribution is 5.78. The smallest absolute Gasteiger partial charge is 0.234 e. The first-order valence-electron chi connectivity index (χ1n) is 6.50. The van der Waals surface area contributed by atoms with Gasteiger partial charge < -0.3 is 15.4 Å². The zero-order chi connectivity index (χ0) is 12.1. The minimum atomic E-state index is -0.0661. The molecule has 0 spiro atoms. The Morgan fingerprint density at radius 1 is 1.35 bits per heavy atom. The summed E-state index contributed by atoms with van der Waals surface area (Å²) in [6.45, 7) is 8.05. The van der Waals surface area contributed by atoms with E-state index in [2.05, 4.69) is 22.5 Å². The second-order valence-electron chi connectivity index (χ2n) is 5.25. The van der Waals surface area contributed by atoms with Crippen molar-refractivity contribution in [2.24, 2.45) is 0 Å². The van der Waals surface area contributed by atoms with E-state index in [4.69, 9.17) is 4.74 Å². The van der Waals surface area contributed by atoms with E-state index in [9.17, 15) is 4.79 Å². The molecule has 1 amide bonds. The number of ether oxygens (including phenoxy) is 1. The van der Waals surface area contributed by atoms with Gasteiger partial charge in [-0.15, -0.1) is 0 Å². The van der Waals surface area contributed by atoms with E-state index in [-0.39, 0.29) is 11.4 Å². The molecule has 2 N–H and O–H groups in total. The first kappa shape index (κ1) is 12.8. The van der Waals surface area contributed by atoms with Crippen LogP contribution in [0.3, 0.4) is 0 Å². The minimum absolute atomic E-state index is 0.0661. The Morgan fingerprint density at radius 2 is 2.00 bits per heavy atom. The standard InChI is InChI=1S/C12H23N3O2/c1-12(2-8-17-9-3-12)14-11(16)10-15-6-4-13-5-7-15/h13H,2-10H2,1H3,(H,14,16). The van der Waals surface area contributed by atoms with Crippen LogP contribution in [0.2, 0.25) is 0 Å². The third-order valence-electron chi connectivity index (χ3n) is 3.61. The van der Waals surface area contributed by atoms with Crippen molar-refractivity contribution in [3.05, 3.63) is 0 Å². The number of carbonyl (C=O) groups is 1. The summed E-state index contributed by atoms with van der Waals surface area (Å²) in [6, 6.07) is 0. The number of rotatable bonds is 3. The number of carbonyl (C=O) groups excluding carboxylic acids is 1. The molecule has 0 aromatic rings. The third-order valence-corrected chi connectivity index (χ3v) is 3.61. The number of piperazine rings is 1. The van der Waals surface area contributed by atoms with Gasteiger partial charge in [0.25, 0.3) is 0 Å². The summed E-state index contributed by atoms with van der Waals surface area (Å²) in [5.41, 5.74) is -0.0661. The maximum absolute atomic E-state index is 12.0. The van der Waals surface area contributed by atoms with Gasteiger partial charge in [0, 0.05) is 44.9 Å². The lowest BCUT2D eigenvalue weighted by molar-refractivity contribution is -0.125. The molecule has 2 saturated heterocycles. The second kappa shape index (κ2) is 5.80. The highest BCUT2D eigenvalue weighted by Crippen LogP contribution is 2.19. The fourth-order valence-electron chi connectivity index (χ4n) is 2.40. The lowest BCUT2D eigenvalue weighted by atomic mass is 9.92. The summed E-state index contributed by atoms with van der Waals surface area (Å²) >= 11 is 0. The quantitative estimate of drug-likeness (QED) is 0.704. The van der Waals surface area contributed by atoms with Crippen LogP contribution in [0.5, 0.6) is 0 Å². The largest absolute Gasteiger partial charge is 0.381 e. The number of nitrogens with one attached hydrogen (secondary N) is 2. The Hall–Kier alpha value is -0.650. The Labute approximate surface area is 103 Å². The molecule has 0 atom stereocenters. The maximum Gasteiger partial charge on any atom is 0.234 e. The topological polar surface area (TPSA) is 53.6 Å². The average Bonchev–Trinajstić information content (AvgIpc) is 2.30. The van der Waals surface area contributed by atoms with Crippen LogP contribution in [0, 0.1) is 0 Å². The molecular weight excluding hydrogens is 218 g/mol. The molecule has 2 aliphatic rings. The van der Waals surface area contributed by atoms with Crippen molar-refractivity contribution in [2.45, 2.75) is 25.3 Å². The molecule has 98 valence electrons. The van der Waals surface area contributed by atoms with E-state index in [1.54, 1.807) is 0 Å². The van der Waals surface area contributed by atoms with E-state index in [0.717, 1.165) is 52.2 Å². The van der Waals surface area contributed by atoms with Gasteiger partial charge in [-0.2, -0.15) is 0 Å². The Kier molecular flexibility index (Phi) is 4.36. The van der Waals surface area contributed by atoms with Crippen LogP contribution in [0.4, 0.5) is 0 Å². The Bertz CT molecular complexity index is 258. The van der Waals surface area contributed by atoms with Crippen molar-refractivity contribution in [2.75, 3.05) is 45.9 Å². The SMILES string of the molecule is CC1(NC(=O)CN2CCNCC2)CCOCC1.